The Hall–Kier alpha value is -3.61. The van der Waals surface area contributed by atoms with Crippen LogP contribution >= 0.6 is 0 Å². The Labute approximate surface area is 164 Å². The first kappa shape index (κ1) is 20.7. The van der Waals surface area contributed by atoms with E-state index in [1.54, 1.807) is 25.5 Å². The van der Waals surface area contributed by atoms with Gasteiger partial charge in [0.2, 0.25) is 5.91 Å². The zero-order valence-electron chi connectivity index (χ0n) is 16.2. The number of ether oxygens (including phenoxy) is 1. The molecule has 0 fully saturated rings. The predicted molar refractivity (Wildman–Crippen MR) is 112 cm³/mol. The van der Waals surface area contributed by atoms with Gasteiger partial charge in [0.25, 0.3) is 5.91 Å². The number of benzene rings is 2. The first-order valence-electron chi connectivity index (χ1n) is 8.68. The number of carbonyl (C=O) groups excluding carboxylic acids is 2. The molecule has 0 heterocycles. The van der Waals surface area contributed by atoms with Gasteiger partial charge in [-0.1, -0.05) is 30.3 Å². The van der Waals surface area contributed by atoms with Crippen LogP contribution in [0.1, 0.15) is 11.1 Å². The van der Waals surface area contributed by atoms with E-state index in [9.17, 15) is 9.59 Å². The van der Waals surface area contributed by atoms with E-state index in [1.165, 1.54) is 6.08 Å². The molecule has 0 saturated heterocycles. The maximum absolute atomic E-state index is 11.8. The second kappa shape index (κ2) is 10.5. The molecule has 7 heteroatoms. The van der Waals surface area contributed by atoms with E-state index in [0.29, 0.717) is 5.75 Å². The van der Waals surface area contributed by atoms with E-state index in [0.717, 1.165) is 16.8 Å². The molecule has 0 saturated carbocycles. The van der Waals surface area contributed by atoms with Gasteiger partial charge in [-0.2, -0.15) is 5.10 Å². The van der Waals surface area contributed by atoms with E-state index in [4.69, 9.17) is 4.74 Å². The summed E-state index contributed by atoms with van der Waals surface area (Å²) in [6.45, 7) is -0.175. The highest BCUT2D eigenvalue weighted by atomic mass is 16.5. The highest BCUT2D eigenvalue weighted by molar-refractivity contribution is 5.94. The van der Waals surface area contributed by atoms with Crippen LogP contribution in [0.4, 0.5) is 5.69 Å². The summed E-state index contributed by atoms with van der Waals surface area (Å²) < 4.78 is 5.21. The molecular formula is C21H24N4O3. The minimum atomic E-state index is -0.416. The van der Waals surface area contributed by atoms with Crippen molar-refractivity contribution in [3.8, 4) is 5.75 Å². The van der Waals surface area contributed by atoms with Gasteiger partial charge in [0, 0.05) is 31.4 Å². The molecule has 0 aliphatic heterocycles. The van der Waals surface area contributed by atoms with Crippen LogP contribution in [0.2, 0.25) is 0 Å². The molecule has 0 aliphatic rings. The van der Waals surface area contributed by atoms with Gasteiger partial charge >= 0.3 is 0 Å². The lowest BCUT2D eigenvalue weighted by Crippen LogP contribution is -2.34. The van der Waals surface area contributed by atoms with Crippen molar-refractivity contribution in [1.29, 1.82) is 0 Å². The first-order chi connectivity index (χ1) is 13.5. The molecule has 0 radical (unpaired) electrons. The van der Waals surface area contributed by atoms with Crippen molar-refractivity contribution in [3.63, 3.8) is 0 Å². The van der Waals surface area contributed by atoms with Crippen LogP contribution in [-0.2, 0) is 9.59 Å². The summed E-state index contributed by atoms with van der Waals surface area (Å²) in [7, 11) is 5.49. The van der Waals surface area contributed by atoms with E-state index in [1.807, 2.05) is 61.5 Å². The number of nitrogens with zero attached hydrogens (tertiary/aromatic N) is 2. The number of anilines is 1. The standard InChI is InChI=1S/C21H24N4O3/c1-25(2)18-11-8-16(9-12-18)14-23-24-21(27)15-22-20(26)13-10-17-6-4-5-7-19(17)28-3/h4-14H,15H2,1-3H3,(H,22,26)(H,24,27)/b13-10+,23-14+. The molecule has 146 valence electrons. The zero-order chi connectivity index (χ0) is 20.4. The highest BCUT2D eigenvalue weighted by Crippen LogP contribution is 2.18. The highest BCUT2D eigenvalue weighted by Gasteiger charge is 2.03. The first-order valence-corrected chi connectivity index (χ1v) is 8.68. The molecule has 0 unspecified atom stereocenters. The van der Waals surface area contributed by atoms with Crippen molar-refractivity contribution in [2.75, 3.05) is 32.6 Å². The number of hydrogen-bond donors (Lipinski definition) is 2. The van der Waals surface area contributed by atoms with Crippen LogP contribution in [-0.4, -0.2) is 45.8 Å². The fourth-order valence-corrected chi connectivity index (χ4v) is 2.27. The van der Waals surface area contributed by atoms with Crippen molar-refractivity contribution in [2.24, 2.45) is 5.10 Å². The smallest absolute Gasteiger partial charge is 0.259 e. The number of rotatable bonds is 8. The van der Waals surface area contributed by atoms with Crippen LogP contribution in [0.15, 0.2) is 59.7 Å². The topological polar surface area (TPSA) is 83.0 Å². The third-order valence-electron chi connectivity index (χ3n) is 3.79. The van der Waals surface area contributed by atoms with Gasteiger partial charge in [-0.15, -0.1) is 0 Å². The number of methoxy groups -OCH3 is 1. The molecule has 2 N–H and O–H groups in total. The van der Waals surface area contributed by atoms with Crippen molar-refractivity contribution < 1.29 is 14.3 Å². The molecule has 2 aromatic carbocycles. The van der Waals surface area contributed by atoms with Gasteiger partial charge in [-0.25, -0.2) is 5.43 Å². The SMILES string of the molecule is COc1ccccc1/C=C/C(=O)NCC(=O)N/N=C/c1ccc(N(C)C)cc1. The Morgan fingerprint density at radius 3 is 2.50 bits per heavy atom. The van der Waals surface area contributed by atoms with E-state index in [-0.39, 0.29) is 12.5 Å². The van der Waals surface area contributed by atoms with Crippen LogP contribution in [0, 0.1) is 0 Å². The minimum Gasteiger partial charge on any atom is -0.496 e. The molecule has 0 bridgehead atoms. The van der Waals surface area contributed by atoms with Gasteiger partial charge in [-0.3, -0.25) is 9.59 Å². The molecule has 0 spiro atoms. The van der Waals surface area contributed by atoms with E-state index < -0.39 is 5.91 Å². The number of amides is 2. The fourth-order valence-electron chi connectivity index (χ4n) is 2.27. The molecule has 0 aromatic heterocycles. The van der Waals surface area contributed by atoms with Crippen molar-refractivity contribution >= 4 is 29.8 Å². The Morgan fingerprint density at radius 2 is 1.82 bits per heavy atom. The quantitative estimate of drug-likeness (QED) is 0.417. The summed E-state index contributed by atoms with van der Waals surface area (Å²) in [5, 5.41) is 6.39. The summed E-state index contributed by atoms with van der Waals surface area (Å²) >= 11 is 0. The van der Waals surface area contributed by atoms with E-state index >= 15 is 0 Å². The fraction of sp³-hybridized carbons (Fsp3) is 0.190. The van der Waals surface area contributed by atoms with Gasteiger partial charge in [0.15, 0.2) is 0 Å². The van der Waals surface area contributed by atoms with Crippen molar-refractivity contribution in [1.82, 2.24) is 10.7 Å². The summed E-state index contributed by atoms with van der Waals surface area (Å²) in [5.41, 5.74) is 5.08. The molecule has 0 aliphatic carbocycles. The lowest BCUT2D eigenvalue weighted by molar-refractivity contribution is -0.123. The summed E-state index contributed by atoms with van der Waals surface area (Å²) in [6, 6.07) is 15.0. The molecule has 2 rings (SSSR count). The third kappa shape index (κ3) is 6.60. The lowest BCUT2D eigenvalue weighted by Gasteiger charge is -2.11. The second-order valence-electron chi connectivity index (χ2n) is 6.07. The number of hydrogen-bond acceptors (Lipinski definition) is 5. The van der Waals surface area contributed by atoms with Crippen LogP contribution in [0.25, 0.3) is 6.08 Å². The maximum atomic E-state index is 11.8. The summed E-state index contributed by atoms with van der Waals surface area (Å²) in [6.07, 6.45) is 4.52. The maximum Gasteiger partial charge on any atom is 0.259 e. The number of hydrazone groups is 1. The largest absolute Gasteiger partial charge is 0.496 e. The molecule has 2 aromatic rings. The second-order valence-corrected chi connectivity index (χ2v) is 6.07. The normalized spacial score (nSPS) is 10.8. The Morgan fingerprint density at radius 1 is 1.11 bits per heavy atom. The minimum absolute atomic E-state index is 0.175. The monoisotopic (exact) mass is 380 g/mol. The average molecular weight is 380 g/mol. The Balaban J connectivity index is 1.77. The summed E-state index contributed by atoms with van der Waals surface area (Å²) in [5.74, 6) is -0.137. The molecular weight excluding hydrogens is 356 g/mol. The van der Waals surface area contributed by atoms with Crippen molar-refractivity contribution in [2.45, 2.75) is 0 Å². The average Bonchev–Trinajstić information content (AvgIpc) is 2.71. The van der Waals surface area contributed by atoms with Gasteiger partial charge in [0.05, 0.1) is 19.9 Å². The molecule has 7 nitrogen and oxygen atoms in total. The molecule has 28 heavy (non-hydrogen) atoms. The zero-order valence-corrected chi connectivity index (χ0v) is 16.2. The molecule has 0 atom stereocenters. The van der Waals surface area contributed by atoms with E-state index in [2.05, 4.69) is 15.8 Å². The molecule has 2 amide bonds. The Kier molecular flexibility index (Phi) is 7.77. The number of para-hydroxylation sites is 1. The van der Waals surface area contributed by atoms with Gasteiger partial charge in [-0.05, 0) is 29.8 Å². The summed E-state index contributed by atoms with van der Waals surface area (Å²) in [4.78, 5) is 25.6. The van der Waals surface area contributed by atoms with Crippen LogP contribution < -0.4 is 20.4 Å². The predicted octanol–water partition coefficient (Wildman–Crippen LogP) is 2.04. The van der Waals surface area contributed by atoms with Gasteiger partial charge < -0.3 is 15.0 Å². The number of carbonyl (C=O) groups is 2. The van der Waals surface area contributed by atoms with Crippen LogP contribution in [0.3, 0.4) is 0 Å². The van der Waals surface area contributed by atoms with Crippen molar-refractivity contribution in [3.05, 3.63) is 65.7 Å². The Bertz CT molecular complexity index is 858. The lowest BCUT2D eigenvalue weighted by atomic mass is 10.2. The number of nitrogens with one attached hydrogen (secondary N) is 2. The third-order valence-corrected chi connectivity index (χ3v) is 3.79. The van der Waals surface area contributed by atoms with Crippen LogP contribution in [0.5, 0.6) is 5.75 Å². The van der Waals surface area contributed by atoms with Gasteiger partial charge in [0.1, 0.15) is 5.75 Å².